The number of aromatic nitrogens is 1. The van der Waals surface area contributed by atoms with Crippen molar-refractivity contribution in [3.05, 3.63) is 83.7 Å². The highest BCUT2D eigenvalue weighted by Gasteiger charge is 2.12. The number of hydrogen-bond acceptors (Lipinski definition) is 4. The van der Waals surface area contributed by atoms with Crippen molar-refractivity contribution in [1.82, 2.24) is 10.3 Å². The normalized spacial score (nSPS) is 10.7. The molecule has 0 fully saturated rings. The first-order valence-corrected chi connectivity index (χ1v) is 9.25. The second kappa shape index (κ2) is 7.81. The Balaban J connectivity index is 1.50. The maximum atomic E-state index is 13.4. The van der Waals surface area contributed by atoms with Crippen molar-refractivity contribution in [2.45, 2.75) is 6.92 Å². The van der Waals surface area contributed by atoms with E-state index in [0.29, 0.717) is 33.8 Å². The van der Waals surface area contributed by atoms with Gasteiger partial charge in [0.15, 0.2) is 10.7 Å². The lowest BCUT2D eigenvalue weighted by Gasteiger charge is -2.10. The molecule has 1 heterocycles. The van der Waals surface area contributed by atoms with Gasteiger partial charge in [-0.25, -0.2) is 9.37 Å². The fourth-order valence-corrected chi connectivity index (χ4v) is 3.12. The van der Waals surface area contributed by atoms with Gasteiger partial charge < -0.3 is 9.73 Å². The van der Waals surface area contributed by atoms with Crippen LogP contribution >= 0.6 is 12.2 Å². The molecule has 144 valence electrons. The second-order valence-electron chi connectivity index (χ2n) is 6.44. The summed E-state index contributed by atoms with van der Waals surface area (Å²) in [5, 5.41) is 5.81. The summed E-state index contributed by atoms with van der Waals surface area (Å²) in [4.78, 5) is 16.8. The highest BCUT2D eigenvalue weighted by Crippen LogP contribution is 2.26. The van der Waals surface area contributed by atoms with Crippen LogP contribution in [-0.2, 0) is 0 Å². The van der Waals surface area contributed by atoms with Gasteiger partial charge in [-0.15, -0.1) is 0 Å². The molecule has 4 aromatic rings. The van der Waals surface area contributed by atoms with E-state index in [1.807, 2.05) is 19.1 Å². The van der Waals surface area contributed by atoms with Crippen LogP contribution in [0.4, 0.5) is 10.1 Å². The summed E-state index contributed by atoms with van der Waals surface area (Å²) in [6.07, 6.45) is 0. The van der Waals surface area contributed by atoms with Gasteiger partial charge in [-0.05, 0) is 67.2 Å². The smallest absolute Gasteiger partial charge is 0.257 e. The van der Waals surface area contributed by atoms with Crippen LogP contribution < -0.4 is 10.6 Å². The van der Waals surface area contributed by atoms with Crippen LogP contribution in [0.5, 0.6) is 0 Å². The lowest BCUT2D eigenvalue weighted by Crippen LogP contribution is -2.34. The van der Waals surface area contributed by atoms with Crippen LogP contribution in [0.1, 0.15) is 15.9 Å². The summed E-state index contributed by atoms with van der Waals surface area (Å²) in [6, 6.07) is 18.6. The molecular weight excluding hydrogens is 389 g/mol. The second-order valence-corrected chi connectivity index (χ2v) is 6.84. The molecule has 0 unspecified atom stereocenters. The number of nitrogens with zero attached hydrogens (tertiary/aromatic N) is 1. The minimum atomic E-state index is -0.359. The topological polar surface area (TPSA) is 67.2 Å². The van der Waals surface area contributed by atoms with Crippen molar-refractivity contribution < 1.29 is 13.6 Å². The molecule has 0 aliphatic carbocycles. The average Bonchev–Trinajstić information content (AvgIpc) is 3.11. The molecule has 2 N–H and O–H groups in total. The van der Waals surface area contributed by atoms with E-state index in [4.69, 9.17) is 16.6 Å². The molecule has 0 aliphatic heterocycles. The number of halogens is 1. The van der Waals surface area contributed by atoms with Crippen molar-refractivity contribution in [1.29, 1.82) is 0 Å². The number of oxazole rings is 1. The molecule has 0 spiro atoms. The lowest BCUT2D eigenvalue weighted by atomic mass is 10.1. The van der Waals surface area contributed by atoms with Crippen LogP contribution in [0.25, 0.3) is 22.6 Å². The first-order valence-electron chi connectivity index (χ1n) is 8.84. The molecule has 0 aliphatic rings. The van der Waals surface area contributed by atoms with Gasteiger partial charge >= 0.3 is 0 Å². The highest BCUT2D eigenvalue weighted by molar-refractivity contribution is 7.80. The summed E-state index contributed by atoms with van der Waals surface area (Å²) in [5.74, 6) is -0.314. The minimum absolute atomic E-state index is 0.173. The number of benzene rings is 3. The van der Waals surface area contributed by atoms with E-state index >= 15 is 0 Å². The van der Waals surface area contributed by atoms with Gasteiger partial charge in [-0.3, -0.25) is 10.1 Å². The van der Waals surface area contributed by atoms with Gasteiger partial charge in [0.25, 0.3) is 5.91 Å². The molecule has 0 saturated heterocycles. The standard InChI is InChI=1S/C22H16FN3O2S/c1-13-5-2-3-8-17(13)20(27)26-22(29)24-16-9-10-19-18(12-16)25-21(28-19)14-6-4-7-15(23)11-14/h2-12H,1H3,(H2,24,26,27,29). The fraction of sp³-hybridized carbons (Fsp3) is 0.0455. The first-order chi connectivity index (χ1) is 14.0. The van der Waals surface area contributed by atoms with E-state index < -0.39 is 0 Å². The van der Waals surface area contributed by atoms with Crippen LogP contribution in [0.3, 0.4) is 0 Å². The van der Waals surface area contributed by atoms with Crippen molar-refractivity contribution in [2.24, 2.45) is 0 Å². The lowest BCUT2D eigenvalue weighted by molar-refractivity contribution is 0.0977. The van der Waals surface area contributed by atoms with Crippen LogP contribution in [0.15, 0.2) is 71.1 Å². The van der Waals surface area contributed by atoms with Crippen molar-refractivity contribution >= 4 is 40.0 Å². The van der Waals surface area contributed by atoms with E-state index in [1.165, 1.54) is 12.1 Å². The SMILES string of the molecule is Cc1ccccc1C(=O)NC(=S)Nc1ccc2oc(-c3cccc(F)c3)nc2c1. The van der Waals surface area contributed by atoms with Gasteiger partial charge in [-0.1, -0.05) is 24.3 Å². The van der Waals surface area contributed by atoms with E-state index in [9.17, 15) is 9.18 Å². The summed E-state index contributed by atoms with van der Waals surface area (Å²) in [5.41, 5.74) is 3.76. The largest absolute Gasteiger partial charge is 0.436 e. The third-order valence-corrected chi connectivity index (χ3v) is 4.54. The third kappa shape index (κ3) is 4.14. The maximum absolute atomic E-state index is 13.4. The highest BCUT2D eigenvalue weighted by atomic mass is 32.1. The number of carbonyl (C=O) groups excluding carboxylic acids is 1. The number of rotatable bonds is 3. The Morgan fingerprint density at radius 2 is 1.90 bits per heavy atom. The number of fused-ring (bicyclic) bond motifs is 1. The molecule has 5 nitrogen and oxygen atoms in total. The molecule has 1 amide bonds. The van der Waals surface area contributed by atoms with Gasteiger partial charge in [0.1, 0.15) is 11.3 Å². The Hall–Kier alpha value is -3.58. The van der Waals surface area contributed by atoms with Crippen LogP contribution in [-0.4, -0.2) is 16.0 Å². The number of aryl methyl sites for hydroxylation is 1. The zero-order chi connectivity index (χ0) is 20.4. The summed E-state index contributed by atoms with van der Waals surface area (Å²) in [6.45, 7) is 1.86. The Bertz CT molecular complexity index is 1240. The fourth-order valence-electron chi connectivity index (χ4n) is 2.91. The van der Waals surface area contributed by atoms with Crippen LogP contribution in [0.2, 0.25) is 0 Å². The van der Waals surface area contributed by atoms with Gasteiger partial charge in [-0.2, -0.15) is 0 Å². The Morgan fingerprint density at radius 3 is 2.69 bits per heavy atom. The van der Waals surface area contributed by atoms with Crippen molar-refractivity contribution in [3.8, 4) is 11.5 Å². The zero-order valence-electron chi connectivity index (χ0n) is 15.4. The van der Waals surface area contributed by atoms with Crippen molar-refractivity contribution in [2.75, 3.05) is 5.32 Å². The predicted octanol–water partition coefficient (Wildman–Crippen LogP) is 5.07. The van der Waals surface area contributed by atoms with E-state index in [0.717, 1.165) is 5.56 Å². The molecule has 0 saturated carbocycles. The molecule has 4 rings (SSSR count). The number of amides is 1. The Kier molecular flexibility index (Phi) is 5.05. The molecule has 0 atom stereocenters. The van der Waals surface area contributed by atoms with Crippen molar-refractivity contribution in [3.63, 3.8) is 0 Å². The third-order valence-electron chi connectivity index (χ3n) is 4.33. The summed E-state index contributed by atoms with van der Waals surface area (Å²) in [7, 11) is 0. The van der Waals surface area contributed by atoms with Crippen LogP contribution in [0, 0.1) is 12.7 Å². The molecule has 3 aromatic carbocycles. The number of anilines is 1. The number of carbonyl (C=O) groups is 1. The number of hydrogen-bond donors (Lipinski definition) is 2. The first kappa shape index (κ1) is 18.8. The molecular formula is C22H16FN3O2S. The molecule has 0 radical (unpaired) electrons. The molecule has 29 heavy (non-hydrogen) atoms. The Labute approximate surface area is 171 Å². The minimum Gasteiger partial charge on any atom is -0.436 e. The number of nitrogens with one attached hydrogen (secondary N) is 2. The summed E-state index contributed by atoms with van der Waals surface area (Å²) >= 11 is 5.25. The monoisotopic (exact) mass is 405 g/mol. The number of thiocarbonyl (C=S) groups is 1. The quantitative estimate of drug-likeness (QED) is 0.466. The summed E-state index contributed by atoms with van der Waals surface area (Å²) < 4.78 is 19.1. The predicted molar refractivity (Wildman–Crippen MR) is 114 cm³/mol. The van der Waals surface area contributed by atoms with Gasteiger partial charge in [0.2, 0.25) is 5.89 Å². The van der Waals surface area contributed by atoms with E-state index in [1.54, 1.807) is 42.5 Å². The Morgan fingerprint density at radius 1 is 1.07 bits per heavy atom. The average molecular weight is 405 g/mol. The van der Waals surface area contributed by atoms with Gasteiger partial charge in [0, 0.05) is 16.8 Å². The maximum Gasteiger partial charge on any atom is 0.257 e. The molecule has 1 aromatic heterocycles. The van der Waals surface area contributed by atoms with Gasteiger partial charge in [0.05, 0.1) is 0 Å². The molecule has 0 bridgehead atoms. The van der Waals surface area contributed by atoms with E-state index in [2.05, 4.69) is 15.6 Å². The zero-order valence-corrected chi connectivity index (χ0v) is 16.2. The van der Waals surface area contributed by atoms with E-state index in [-0.39, 0.29) is 16.8 Å². The molecule has 7 heteroatoms.